The van der Waals surface area contributed by atoms with Crippen molar-refractivity contribution in [2.24, 2.45) is 0 Å². The van der Waals surface area contributed by atoms with Crippen LogP contribution in [0.2, 0.25) is 0 Å². The van der Waals surface area contributed by atoms with Crippen LogP contribution in [0.1, 0.15) is 25.5 Å². The van der Waals surface area contributed by atoms with Crippen LogP contribution in [0.3, 0.4) is 0 Å². The number of rotatable bonds is 27. The molecular weight excluding hydrogens is 544 g/mol. The molecule has 1 heterocycles. The number of amides is 1. The molecule has 0 bridgehead atoms. The van der Waals surface area contributed by atoms with Gasteiger partial charge in [-0.05, 0) is 31.5 Å². The maximum absolute atomic E-state index is 12.4. The van der Waals surface area contributed by atoms with Crippen molar-refractivity contribution in [2.75, 3.05) is 99.9 Å². The summed E-state index contributed by atoms with van der Waals surface area (Å²) in [6.07, 6.45) is 0.839. The summed E-state index contributed by atoms with van der Waals surface area (Å²) in [5.74, 6) is 0.125. The Morgan fingerprint density at radius 3 is 1.83 bits per heavy atom. The highest BCUT2D eigenvalue weighted by Crippen LogP contribution is 2.21. The van der Waals surface area contributed by atoms with Crippen LogP contribution in [0.25, 0.3) is 10.9 Å². The van der Waals surface area contributed by atoms with Gasteiger partial charge >= 0.3 is 0 Å². The number of hydrazine groups is 1. The van der Waals surface area contributed by atoms with Crippen LogP contribution in [0.15, 0.2) is 30.3 Å². The fourth-order valence-electron chi connectivity index (χ4n) is 3.97. The van der Waals surface area contributed by atoms with E-state index in [-0.39, 0.29) is 11.7 Å². The van der Waals surface area contributed by atoms with Crippen LogP contribution in [-0.4, -0.2) is 121 Å². The van der Waals surface area contributed by atoms with Crippen molar-refractivity contribution in [1.82, 2.24) is 20.3 Å². The number of aryl methyl sites for hydroxylation is 1. The van der Waals surface area contributed by atoms with Crippen LogP contribution in [0.5, 0.6) is 0 Å². The van der Waals surface area contributed by atoms with Crippen LogP contribution >= 0.6 is 0 Å². The third kappa shape index (κ3) is 16.3. The van der Waals surface area contributed by atoms with E-state index in [9.17, 15) is 9.59 Å². The molecule has 0 saturated heterocycles. The fourth-order valence-corrected chi connectivity index (χ4v) is 3.97. The Morgan fingerprint density at radius 2 is 1.29 bits per heavy atom. The molecule has 2 rings (SSSR count). The lowest BCUT2D eigenvalue weighted by Crippen LogP contribution is -2.31. The first-order chi connectivity index (χ1) is 20.5. The number of benzene rings is 1. The topological polar surface area (TPSA) is 122 Å². The first kappa shape index (κ1) is 35.8. The zero-order valence-corrected chi connectivity index (χ0v) is 25.6. The molecule has 0 fully saturated rings. The molecule has 0 radical (unpaired) electrons. The maximum atomic E-state index is 12.4. The zero-order valence-electron chi connectivity index (χ0n) is 25.6. The highest BCUT2D eigenvalue weighted by atomic mass is 16.6. The van der Waals surface area contributed by atoms with Gasteiger partial charge in [0.25, 0.3) is 0 Å². The molecule has 0 spiro atoms. The molecule has 0 aliphatic carbocycles. The van der Waals surface area contributed by atoms with Gasteiger partial charge in [0.1, 0.15) is 5.78 Å². The summed E-state index contributed by atoms with van der Waals surface area (Å²) in [4.78, 5) is 23.2. The molecule has 0 unspecified atom stereocenters. The number of aromatic nitrogens is 1. The highest BCUT2D eigenvalue weighted by molar-refractivity contribution is 5.82. The summed E-state index contributed by atoms with van der Waals surface area (Å²) in [5.41, 5.74) is 5.42. The Balaban J connectivity index is 1.38. The molecule has 2 aromatic rings. The van der Waals surface area contributed by atoms with E-state index in [2.05, 4.69) is 33.5 Å². The Labute approximate surface area is 249 Å². The number of hydrogen-bond donors (Lipinski definition) is 2. The Kier molecular flexibility index (Phi) is 19.7. The van der Waals surface area contributed by atoms with Crippen molar-refractivity contribution in [3.63, 3.8) is 0 Å². The van der Waals surface area contributed by atoms with Crippen molar-refractivity contribution >= 4 is 22.6 Å². The van der Waals surface area contributed by atoms with Crippen molar-refractivity contribution in [3.05, 3.63) is 36.0 Å². The van der Waals surface area contributed by atoms with Crippen molar-refractivity contribution in [1.29, 1.82) is 0 Å². The quantitative estimate of drug-likeness (QED) is 0.117. The Morgan fingerprint density at radius 1 is 0.762 bits per heavy atom. The average molecular weight is 595 g/mol. The van der Waals surface area contributed by atoms with E-state index in [0.29, 0.717) is 105 Å². The zero-order chi connectivity index (χ0) is 30.3. The molecule has 2 N–H and O–H groups in total. The summed E-state index contributed by atoms with van der Waals surface area (Å²) < 4.78 is 34.8. The van der Waals surface area contributed by atoms with Gasteiger partial charge in [-0.1, -0.05) is 18.2 Å². The maximum Gasteiger partial charge on any atom is 0.221 e. The minimum atomic E-state index is 0.00118. The van der Waals surface area contributed by atoms with E-state index < -0.39 is 0 Å². The lowest BCUT2D eigenvalue weighted by molar-refractivity contribution is -0.121. The molecule has 12 heteroatoms. The number of nitrogens with one attached hydrogen (secondary N) is 2. The monoisotopic (exact) mass is 594 g/mol. The van der Waals surface area contributed by atoms with Gasteiger partial charge in [0.05, 0.1) is 85.8 Å². The highest BCUT2D eigenvalue weighted by Gasteiger charge is 2.11. The Hall–Kier alpha value is -2.42. The van der Waals surface area contributed by atoms with Crippen LogP contribution in [0.4, 0.5) is 0 Å². The number of carbonyl (C=O) groups is 2. The van der Waals surface area contributed by atoms with Gasteiger partial charge < -0.3 is 38.3 Å². The fraction of sp³-hybridized carbons (Fsp3) is 0.667. The lowest BCUT2D eigenvalue weighted by Gasteiger charge is -2.17. The summed E-state index contributed by atoms with van der Waals surface area (Å²) in [6.45, 7) is 9.04. The average Bonchev–Trinajstić information content (AvgIpc) is 3.33. The van der Waals surface area contributed by atoms with Crippen LogP contribution in [-0.2, 0) is 51.1 Å². The molecule has 0 aliphatic rings. The van der Waals surface area contributed by atoms with Crippen LogP contribution in [0, 0.1) is 0 Å². The SMILES string of the molecule is CNN(C)Cc1cc2ccccc2n1CCC(=O)NCCOCCOCCOCCOCCOCCOCCC(C)=O. The van der Waals surface area contributed by atoms with E-state index in [1.54, 1.807) is 6.92 Å². The number of nitrogens with zero attached hydrogens (tertiary/aromatic N) is 2. The second kappa shape index (κ2) is 23.1. The molecule has 42 heavy (non-hydrogen) atoms. The first-order valence-corrected chi connectivity index (χ1v) is 14.7. The first-order valence-electron chi connectivity index (χ1n) is 14.7. The lowest BCUT2D eigenvalue weighted by atomic mass is 10.2. The van der Waals surface area contributed by atoms with Crippen LogP contribution < -0.4 is 10.7 Å². The third-order valence-electron chi connectivity index (χ3n) is 6.27. The van der Waals surface area contributed by atoms with E-state index in [4.69, 9.17) is 28.4 Å². The predicted molar refractivity (Wildman–Crippen MR) is 160 cm³/mol. The molecular formula is C30H50N4O8. The number of Topliss-reactive ketones (excluding diaryl/α,β-unsaturated/α-hetero) is 1. The number of ketones is 1. The molecule has 1 amide bonds. The predicted octanol–water partition coefficient (Wildman–Crippen LogP) is 1.79. The molecule has 238 valence electrons. The molecule has 0 atom stereocenters. The summed E-state index contributed by atoms with van der Waals surface area (Å²) in [5, 5.41) is 6.11. The summed E-state index contributed by atoms with van der Waals surface area (Å²) in [6, 6.07) is 10.4. The molecule has 12 nitrogen and oxygen atoms in total. The van der Waals surface area contributed by atoms with E-state index in [1.807, 2.05) is 31.2 Å². The van der Waals surface area contributed by atoms with E-state index in [0.717, 1.165) is 17.8 Å². The number of hydrogen-bond acceptors (Lipinski definition) is 10. The number of para-hydroxylation sites is 1. The molecule has 1 aromatic carbocycles. The van der Waals surface area contributed by atoms with Gasteiger partial charge in [-0.15, -0.1) is 0 Å². The van der Waals surface area contributed by atoms with Crippen molar-refractivity contribution < 1.29 is 38.0 Å². The standard InChI is InChI=1S/C30H50N4O8/c1-26(35)9-12-37-14-16-39-18-20-41-22-23-42-21-19-40-17-15-38-13-10-32-30(36)8-11-34-28(25-33(3)31-2)24-27-6-4-5-7-29(27)34/h4-7,24,31H,8-23,25H2,1-3H3,(H,32,36). The van der Waals surface area contributed by atoms with E-state index in [1.165, 1.54) is 5.39 Å². The van der Waals surface area contributed by atoms with Gasteiger partial charge in [-0.2, -0.15) is 0 Å². The van der Waals surface area contributed by atoms with Gasteiger partial charge in [-0.3, -0.25) is 15.0 Å². The van der Waals surface area contributed by atoms with Crippen molar-refractivity contribution in [3.8, 4) is 0 Å². The number of carbonyl (C=O) groups excluding carboxylic acids is 2. The normalized spacial score (nSPS) is 11.5. The van der Waals surface area contributed by atoms with Gasteiger partial charge in [0.2, 0.25) is 5.91 Å². The third-order valence-corrected chi connectivity index (χ3v) is 6.27. The van der Waals surface area contributed by atoms with Crippen molar-refractivity contribution in [2.45, 2.75) is 32.9 Å². The smallest absolute Gasteiger partial charge is 0.221 e. The summed E-state index contributed by atoms with van der Waals surface area (Å²) in [7, 11) is 3.88. The largest absolute Gasteiger partial charge is 0.379 e. The summed E-state index contributed by atoms with van der Waals surface area (Å²) >= 11 is 0. The van der Waals surface area contributed by atoms with Gasteiger partial charge in [-0.25, -0.2) is 5.01 Å². The molecule has 0 aliphatic heterocycles. The minimum Gasteiger partial charge on any atom is -0.379 e. The number of ether oxygens (including phenoxy) is 6. The van der Waals surface area contributed by atoms with Gasteiger partial charge in [0, 0.05) is 44.2 Å². The molecule has 0 saturated carbocycles. The second-order valence-electron chi connectivity index (χ2n) is 9.65. The van der Waals surface area contributed by atoms with E-state index >= 15 is 0 Å². The van der Waals surface area contributed by atoms with Gasteiger partial charge in [0.15, 0.2) is 0 Å². The minimum absolute atomic E-state index is 0.00118. The number of fused-ring (bicyclic) bond motifs is 1. The Bertz CT molecular complexity index is 1000. The second-order valence-corrected chi connectivity index (χ2v) is 9.65. The molecule has 1 aromatic heterocycles.